The highest BCUT2D eigenvalue weighted by atomic mass is 16.3. The molecule has 4 nitrogen and oxygen atoms in total. The quantitative estimate of drug-likeness (QED) is 0.851. The smallest absolute Gasteiger partial charge is 0.106 e. The Morgan fingerprint density at radius 3 is 2.71 bits per heavy atom. The SMILES string of the molecule is Cc1nc2ccc(C(O)CN)cc2n1C(C)C. The molecule has 1 unspecified atom stereocenters. The summed E-state index contributed by atoms with van der Waals surface area (Å²) in [5, 5.41) is 9.77. The molecule has 0 radical (unpaired) electrons. The zero-order chi connectivity index (χ0) is 12.6. The lowest BCUT2D eigenvalue weighted by atomic mass is 10.1. The second kappa shape index (κ2) is 4.47. The van der Waals surface area contributed by atoms with Crippen molar-refractivity contribution in [2.24, 2.45) is 5.73 Å². The zero-order valence-electron chi connectivity index (χ0n) is 10.5. The average molecular weight is 233 g/mol. The third-order valence-electron chi connectivity index (χ3n) is 3.01. The van der Waals surface area contributed by atoms with E-state index in [9.17, 15) is 5.11 Å². The van der Waals surface area contributed by atoms with Gasteiger partial charge in [0.1, 0.15) is 5.82 Å². The van der Waals surface area contributed by atoms with Gasteiger partial charge >= 0.3 is 0 Å². The van der Waals surface area contributed by atoms with Gasteiger partial charge in [-0.2, -0.15) is 0 Å². The molecule has 1 atom stereocenters. The Kier molecular flexibility index (Phi) is 3.17. The Morgan fingerprint density at radius 1 is 1.41 bits per heavy atom. The minimum Gasteiger partial charge on any atom is -0.387 e. The van der Waals surface area contributed by atoms with E-state index in [-0.39, 0.29) is 6.54 Å². The Hall–Kier alpha value is -1.39. The Bertz CT molecular complexity index is 531. The first-order valence-electron chi connectivity index (χ1n) is 5.91. The summed E-state index contributed by atoms with van der Waals surface area (Å²) in [6, 6.07) is 6.16. The molecule has 0 spiro atoms. The number of hydrogen-bond donors (Lipinski definition) is 2. The number of nitrogens with zero attached hydrogens (tertiary/aromatic N) is 2. The molecule has 92 valence electrons. The molecule has 0 saturated heterocycles. The van der Waals surface area contributed by atoms with Crippen LogP contribution in [0.3, 0.4) is 0 Å². The first-order valence-corrected chi connectivity index (χ1v) is 5.91. The van der Waals surface area contributed by atoms with Gasteiger partial charge in [0.15, 0.2) is 0 Å². The average Bonchev–Trinajstić information content (AvgIpc) is 2.62. The van der Waals surface area contributed by atoms with Crippen molar-refractivity contribution in [2.75, 3.05) is 6.54 Å². The number of imidazole rings is 1. The molecule has 0 aliphatic heterocycles. The maximum Gasteiger partial charge on any atom is 0.106 e. The van der Waals surface area contributed by atoms with Crippen molar-refractivity contribution in [2.45, 2.75) is 32.9 Å². The van der Waals surface area contributed by atoms with Crippen LogP contribution in [0.1, 0.15) is 37.4 Å². The van der Waals surface area contributed by atoms with Crippen molar-refractivity contribution < 1.29 is 5.11 Å². The standard InChI is InChI=1S/C13H19N3O/c1-8(2)16-9(3)15-11-5-4-10(6-12(11)16)13(17)7-14/h4-6,8,13,17H,7,14H2,1-3H3. The second-order valence-corrected chi connectivity index (χ2v) is 4.62. The number of aliphatic hydroxyl groups is 1. The van der Waals surface area contributed by atoms with E-state index in [1.807, 2.05) is 25.1 Å². The van der Waals surface area contributed by atoms with Crippen LogP contribution in [0.15, 0.2) is 18.2 Å². The molecule has 1 heterocycles. The van der Waals surface area contributed by atoms with Crippen LogP contribution in [0.2, 0.25) is 0 Å². The van der Waals surface area contributed by atoms with Crippen molar-refractivity contribution in [3.63, 3.8) is 0 Å². The number of rotatable bonds is 3. The minimum atomic E-state index is -0.602. The summed E-state index contributed by atoms with van der Waals surface area (Å²) < 4.78 is 2.17. The molecule has 0 saturated carbocycles. The summed E-state index contributed by atoms with van der Waals surface area (Å²) in [7, 11) is 0. The predicted molar refractivity (Wildman–Crippen MR) is 68.9 cm³/mol. The van der Waals surface area contributed by atoms with Gasteiger partial charge in [-0.25, -0.2) is 4.98 Å². The number of aromatic nitrogens is 2. The van der Waals surface area contributed by atoms with Crippen LogP contribution in [-0.2, 0) is 0 Å². The molecule has 1 aromatic heterocycles. The van der Waals surface area contributed by atoms with E-state index in [1.54, 1.807) is 0 Å². The van der Waals surface area contributed by atoms with Gasteiger partial charge in [0.2, 0.25) is 0 Å². The van der Waals surface area contributed by atoms with Crippen molar-refractivity contribution in [3.05, 3.63) is 29.6 Å². The molecule has 17 heavy (non-hydrogen) atoms. The van der Waals surface area contributed by atoms with Gasteiger partial charge in [0.05, 0.1) is 17.1 Å². The highest BCUT2D eigenvalue weighted by molar-refractivity contribution is 5.77. The topological polar surface area (TPSA) is 64.1 Å². The largest absolute Gasteiger partial charge is 0.387 e. The summed E-state index contributed by atoms with van der Waals surface area (Å²) in [5.74, 6) is 0.995. The maximum atomic E-state index is 9.77. The van der Waals surface area contributed by atoms with Crippen molar-refractivity contribution in [1.29, 1.82) is 0 Å². The zero-order valence-corrected chi connectivity index (χ0v) is 10.5. The number of aryl methyl sites for hydroxylation is 1. The van der Waals surface area contributed by atoms with E-state index in [4.69, 9.17) is 5.73 Å². The Labute approximate surface area is 101 Å². The fraction of sp³-hybridized carbons (Fsp3) is 0.462. The van der Waals surface area contributed by atoms with Crippen LogP contribution in [0, 0.1) is 6.92 Å². The predicted octanol–water partition coefficient (Wildman–Crippen LogP) is 1.92. The first-order chi connectivity index (χ1) is 8.04. The number of fused-ring (bicyclic) bond motifs is 1. The molecule has 2 aromatic rings. The lowest BCUT2D eigenvalue weighted by molar-refractivity contribution is 0.187. The lowest BCUT2D eigenvalue weighted by Crippen LogP contribution is -2.11. The van der Waals surface area contributed by atoms with E-state index in [1.165, 1.54) is 0 Å². The molecule has 2 rings (SSSR count). The van der Waals surface area contributed by atoms with Gasteiger partial charge in [-0.3, -0.25) is 0 Å². The Morgan fingerprint density at radius 2 is 2.12 bits per heavy atom. The lowest BCUT2D eigenvalue weighted by Gasteiger charge is -2.12. The fourth-order valence-electron chi connectivity index (χ4n) is 2.23. The normalized spacial score (nSPS) is 13.5. The van der Waals surface area contributed by atoms with Crippen LogP contribution in [-0.4, -0.2) is 21.2 Å². The molecule has 0 aliphatic rings. The second-order valence-electron chi connectivity index (χ2n) is 4.62. The van der Waals surface area contributed by atoms with Gasteiger partial charge in [-0.1, -0.05) is 6.07 Å². The number of benzene rings is 1. The van der Waals surface area contributed by atoms with E-state index in [0.717, 1.165) is 22.4 Å². The van der Waals surface area contributed by atoms with Crippen LogP contribution in [0.25, 0.3) is 11.0 Å². The van der Waals surface area contributed by atoms with Crippen LogP contribution in [0.4, 0.5) is 0 Å². The van der Waals surface area contributed by atoms with E-state index >= 15 is 0 Å². The number of aliphatic hydroxyl groups excluding tert-OH is 1. The summed E-state index contributed by atoms with van der Waals surface area (Å²) in [6.07, 6.45) is -0.602. The summed E-state index contributed by atoms with van der Waals surface area (Å²) >= 11 is 0. The molecule has 0 amide bonds. The van der Waals surface area contributed by atoms with Crippen molar-refractivity contribution in [1.82, 2.24) is 9.55 Å². The van der Waals surface area contributed by atoms with Crippen molar-refractivity contribution in [3.8, 4) is 0 Å². The maximum absolute atomic E-state index is 9.77. The van der Waals surface area contributed by atoms with Crippen molar-refractivity contribution >= 4 is 11.0 Å². The van der Waals surface area contributed by atoms with Crippen LogP contribution < -0.4 is 5.73 Å². The van der Waals surface area contributed by atoms with Gasteiger partial charge in [-0.05, 0) is 38.5 Å². The van der Waals surface area contributed by atoms with E-state index in [2.05, 4.69) is 23.4 Å². The van der Waals surface area contributed by atoms with Gasteiger partial charge in [0.25, 0.3) is 0 Å². The highest BCUT2D eigenvalue weighted by Crippen LogP contribution is 2.24. The third kappa shape index (κ3) is 2.06. The van der Waals surface area contributed by atoms with E-state index < -0.39 is 6.10 Å². The van der Waals surface area contributed by atoms with E-state index in [0.29, 0.717) is 6.04 Å². The van der Waals surface area contributed by atoms with Gasteiger partial charge < -0.3 is 15.4 Å². The molecule has 0 fully saturated rings. The molecule has 0 aliphatic carbocycles. The first kappa shape index (κ1) is 12.1. The molecular weight excluding hydrogens is 214 g/mol. The summed E-state index contributed by atoms with van der Waals surface area (Å²) in [5.41, 5.74) is 8.35. The molecular formula is C13H19N3O. The minimum absolute atomic E-state index is 0.236. The molecule has 3 N–H and O–H groups in total. The third-order valence-corrected chi connectivity index (χ3v) is 3.01. The summed E-state index contributed by atoms with van der Waals surface area (Å²) in [6.45, 7) is 6.49. The van der Waals surface area contributed by atoms with Gasteiger partial charge in [-0.15, -0.1) is 0 Å². The molecule has 1 aromatic carbocycles. The monoisotopic (exact) mass is 233 g/mol. The molecule has 0 bridgehead atoms. The molecule has 4 heteroatoms. The Balaban J connectivity index is 2.62. The van der Waals surface area contributed by atoms with Crippen LogP contribution >= 0.6 is 0 Å². The highest BCUT2D eigenvalue weighted by Gasteiger charge is 2.12. The van der Waals surface area contributed by atoms with Gasteiger partial charge in [0, 0.05) is 12.6 Å². The number of nitrogens with two attached hydrogens (primary N) is 1. The summed E-state index contributed by atoms with van der Waals surface area (Å²) in [4.78, 5) is 4.51. The van der Waals surface area contributed by atoms with Crippen LogP contribution in [0.5, 0.6) is 0 Å². The number of hydrogen-bond acceptors (Lipinski definition) is 3. The fourth-order valence-corrected chi connectivity index (χ4v) is 2.23.